The van der Waals surface area contributed by atoms with Crippen LogP contribution in [0.1, 0.15) is 40.8 Å². The number of amides is 1. The van der Waals surface area contributed by atoms with Crippen LogP contribution in [0.2, 0.25) is 5.02 Å². The molecule has 0 radical (unpaired) electrons. The molecule has 3 aromatic rings. The van der Waals surface area contributed by atoms with Crippen molar-refractivity contribution in [2.24, 2.45) is 0 Å². The fourth-order valence-corrected chi connectivity index (χ4v) is 3.77. The monoisotopic (exact) mass is 400 g/mol. The Balaban J connectivity index is 1.55. The zero-order chi connectivity index (χ0) is 19.7. The van der Waals surface area contributed by atoms with Crippen LogP contribution in [0.5, 0.6) is 0 Å². The number of carbonyl (C=O) groups is 1. The van der Waals surface area contributed by atoms with Gasteiger partial charge in [0.15, 0.2) is 11.2 Å². The number of halogens is 1. The molecule has 7 heteroatoms. The van der Waals surface area contributed by atoms with Gasteiger partial charge in [-0.05, 0) is 62.7 Å². The highest BCUT2D eigenvalue weighted by Crippen LogP contribution is 2.25. The highest BCUT2D eigenvalue weighted by atomic mass is 35.5. The van der Waals surface area contributed by atoms with Crippen molar-refractivity contribution >= 4 is 28.5 Å². The standard InChI is InChI=1S/C21H21ClN2O4/c1-13-9-19-14(10-15(13)22)17(25)11-20(28-19)21(26)23-12-16(18-5-4-8-27-18)24-6-2-3-7-24/h4-5,8-11,16H,2-3,6-7,12H2,1H3,(H,23,26)/t16-/m0/s1. The van der Waals surface area contributed by atoms with Gasteiger partial charge in [-0.25, -0.2) is 0 Å². The van der Waals surface area contributed by atoms with E-state index in [2.05, 4.69) is 10.2 Å². The molecule has 0 aliphatic carbocycles. The lowest BCUT2D eigenvalue weighted by atomic mass is 10.1. The number of furan rings is 1. The minimum Gasteiger partial charge on any atom is -0.468 e. The lowest BCUT2D eigenvalue weighted by molar-refractivity contribution is 0.0906. The first-order chi connectivity index (χ1) is 13.5. The maximum absolute atomic E-state index is 12.7. The molecule has 1 fully saturated rings. The first-order valence-corrected chi connectivity index (χ1v) is 9.70. The number of likely N-dealkylation sites (tertiary alicyclic amines) is 1. The summed E-state index contributed by atoms with van der Waals surface area (Å²) in [6.07, 6.45) is 3.90. The Hall–Kier alpha value is -2.57. The lowest BCUT2D eigenvalue weighted by Gasteiger charge is -2.25. The second-order valence-corrected chi connectivity index (χ2v) is 7.46. The van der Waals surface area contributed by atoms with E-state index >= 15 is 0 Å². The van der Waals surface area contributed by atoms with Crippen molar-refractivity contribution in [3.8, 4) is 0 Å². The summed E-state index contributed by atoms with van der Waals surface area (Å²) >= 11 is 6.08. The number of benzene rings is 1. The fourth-order valence-electron chi connectivity index (χ4n) is 3.61. The Bertz CT molecular complexity index is 1050. The molecular formula is C21H21ClN2O4. The van der Waals surface area contributed by atoms with Crippen molar-refractivity contribution in [3.63, 3.8) is 0 Å². The summed E-state index contributed by atoms with van der Waals surface area (Å²) in [7, 11) is 0. The molecule has 0 bridgehead atoms. The topological polar surface area (TPSA) is 75.7 Å². The van der Waals surface area contributed by atoms with E-state index in [-0.39, 0.29) is 17.2 Å². The van der Waals surface area contributed by atoms with Gasteiger partial charge in [-0.2, -0.15) is 0 Å². The number of nitrogens with one attached hydrogen (secondary N) is 1. The minimum atomic E-state index is -0.428. The molecule has 1 atom stereocenters. The zero-order valence-corrected chi connectivity index (χ0v) is 16.3. The Morgan fingerprint density at radius 1 is 1.29 bits per heavy atom. The van der Waals surface area contributed by atoms with E-state index in [0.29, 0.717) is 22.5 Å². The molecular weight excluding hydrogens is 380 g/mol. The maximum atomic E-state index is 12.7. The molecule has 1 amide bonds. The summed E-state index contributed by atoms with van der Waals surface area (Å²) in [6, 6.07) is 8.16. The summed E-state index contributed by atoms with van der Waals surface area (Å²) < 4.78 is 11.2. The number of fused-ring (bicyclic) bond motifs is 1. The van der Waals surface area contributed by atoms with Gasteiger partial charge in [-0.15, -0.1) is 0 Å². The summed E-state index contributed by atoms with van der Waals surface area (Å²) in [4.78, 5) is 27.3. The van der Waals surface area contributed by atoms with Crippen LogP contribution >= 0.6 is 11.6 Å². The van der Waals surface area contributed by atoms with Gasteiger partial charge in [0.05, 0.1) is 17.7 Å². The highest BCUT2D eigenvalue weighted by molar-refractivity contribution is 6.32. The van der Waals surface area contributed by atoms with Crippen LogP contribution in [0, 0.1) is 6.92 Å². The van der Waals surface area contributed by atoms with Crippen molar-refractivity contribution < 1.29 is 13.6 Å². The largest absolute Gasteiger partial charge is 0.468 e. The van der Waals surface area contributed by atoms with Gasteiger partial charge in [0, 0.05) is 17.6 Å². The van der Waals surface area contributed by atoms with E-state index in [1.807, 2.05) is 19.1 Å². The van der Waals surface area contributed by atoms with Gasteiger partial charge >= 0.3 is 0 Å². The first-order valence-electron chi connectivity index (χ1n) is 9.32. The number of carbonyl (C=O) groups excluding carboxylic acids is 1. The van der Waals surface area contributed by atoms with Crippen molar-refractivity contribution in [1.82, 2.24) is 10.2 Å². The van der Waals surface area contributed by atoms with Crippen LogP contribution in [-0.4, -0.2) is 30.4 Å². The van der Waals surface area contributed by atoms with E-state index in [1.165, 1.54) is 6.07 Å². The van der Waals surface area contributed by atoms with Crippen LogP contribution in [0.25, 0.3) is 11.0 Å². The molecule has 1 aliphatic heterocycles. The van der Waals surface area contributed by atoms with Crippen LogP contribution in [0.3, 0.4) is 0 Å². The molecule has 4 rings (SSSR count). The predicted octanol–water partition coefficient (Wildman–Crippen LogP) is 3.91. The third-order valence-corrected chi connectivity index (χ3v) is 5.55. The molecule has 1 aliphatic rings. The quantitative estimate of drug-likeness (QED) is 0.702. The van der Waals surface area contributed by atoms with Crippen LogP contribution in [0.15, 0.2) is 50.2 Å². The van der Waals surface area contributed by atoms with E-state index in [4.69, 9.17) is 20.4 Å². The number of hydrogen-bond donors (Lipinski definition) is 1. The Kier molecular flexibility index (Phi) is 5.24. The third kappa shape index (κ3) is 3.70. The second kappa shape index (κ2) is 7.81. The first kappa shape index (κ1) is 18.8. The van der Waals surface area contributed by atoms with Crippen LogP contribution < -0.4 is 10.7 Å². The van der Waals surface area contributed by atoms with Gasteiger partial charge in [-0.3, -0.25) is 14.5 Å². The normalized spacial score (nSPS) is 15.8. The number of aryl methyl sites for hydroxylation is 1. The van der Waals surface area contributed by atoms with Gasteiger partial charge in [-0.1, -0.05) is 11.6 Å². The summed E-state index contributed by atoms with van der Waals surface area (Å²) in [5.41, 5.74) is 0.832. The van der Waals surface area contributed by atoms with E-state index in [9.17, 15) is 9.59 Å². The molecule has 2 aromatic heterocycles. The zero-order valence-electron chi connectivity index (χ0n) is 15.5. The molecule has 1 saturated heterocycles. The predicted molar refractivity (Wildman–Crippen MR) is 107 cm³/mol. The van der Waals surface area contributed by atoms with E-state index in [0.717, 1.165) is 37.3 Å². The third-order valence-electron chi connectivity index (χ3n) is 5.14. The Labute approximate surface area is 167 Å². The number of rotatable bonds is 5. The van der Waals surface area contributed by atoms with Gasteiger partial charge in [0.1, 0.15) is 11.3 Å². The number of hydrogen-bond acceptors (Lipinski definition) is 5. The molecule has 0 saturated carbocycles. The van der Waals surface area contributed by atoms with Crippen LogP contribution in [0.4, 0.5) is 0 Å². The van der Waals surface area contributed by atoms with Crippen molar-refractivity contribution in [2.45, 2.75) is 25.8 Å². The fraction of sp³-hybridized carbons (Fsp3) is 0.333. The SMILES string of the molecule is Cc1cc2oc(C(=O)NC[C@@H](c3ccco3)N3CCCC3)cc(=O)c2cc1Cl. The number of nitrogens with zero attached hydrogens (tertiary/aromatic N) is 1. The van der Waals surface area contributed by atoms with E-state index < -0.39 is 5.91 Å². The molecule has 1 aromatic carbocycles. The molecule has 6 nitrogen and oxygen atoms in total. The van der Waals surface area contributed by atoms with Crippen molar-refractivity contribution in [3.05, 3.63) is 68.9 Å². The average molecular weight is 401 g/mol. The molecule has 3 heterocycles. The molecule has 146 valence electrons. The lowest BCUT2D eigenvalue weighted by Crippen LogP contribution is -2.36. The summed E-state index contributed by atoms with van der Waals surface area (Å²) in [5.74, 6) is 0.369. The molecule has 0 spiro atoms. The maximum Gasteiger partial charge on any atom is 0.287 e. The Morgan fingerprint density at radius 2 is 2.07 bits per heavy atom. The molecule has 28 heavy (non-hydrogen) atoms. The highest BCUT2D eigenvalue weighted by Gasteiger charge is 2.26. The minimum absolute atomic E-state index is 0.0150. The summed E-state index contributed by atoms with van der Waals surface area (Å²) in [6.45, 7) is 4.12. The summed E-state index contributed by atoms with van der Waals surface area (Å²) in [5, 5.41) is 3.73. The van der Waals surface area contributed by atoms with Gasteiger partial charge in [0.2, 0.25) is 0 Å². The molecule has 1 N–H and O–H groups in total. The van der Waals surface area contributed by atoms with Gasteiger partial charge < -0.3 is 14.2 Å². The van der Waals surface area contributed by atoms with Crippen molar-refractivity contribution in [2.75, 3.05) is 19.6 Å². The second-order valence-electron chi connectivity index (χ2n) is 7.06. The average Bonchev–Trinajstić information content (AvgIpc) is 3.38. The van der Waals surface area contributed by atoms with Crippen LogP contribution in [-0.2, 0) is 0 Å². The van der Waals surface area contributed by atoms with Gasteiger partial charge in [0.25, 0.3) is 5.91 Å². The van der Waals surface area contributed by atoms with E-state index in [1.54, 1.807) is 18.4 Å². The Morgan fingerprint density at radius 3 is 2.79 bits per heavy atom. The molecule has 0 unspecified atom stereocenters. The van der Waals surface area contributed by atoms with Crippen molar-refractivity contribution in [1.29, 1.82) is 0 Å². The smallest absolute Gasteiger partial charge is 0.287 e.